The van der Waals surface area contributed by atoms with Gasteiger partial charge in [0, 0.05) is 26.2 Å². The number of hydrogen-bond donors (Lipinski definition) is 1. The van der Waals surface area contributed by atoms with E-state index in [0.717, 1.165) is 13.0 Å². The highest BCUT2D eigenvalue weighted by atomic mass is 16.5. The van der Waals surface area contributed by atoms with Gasteiger partial charge in [-0.05, 0) is 13.3 Å². The fraction of sp³-hybridized carbons (Fsp3) is 0.750. The summed E-state index contributed by atoms with van der Waals surface area (Å²) < 4.78 is 10.5. The molecule has 0 saturated carbocycles. The smallest absolute Gasteiger partial charge is 0.317 e. The second-order valence-corrected chi connectivity index (χ2v) is 4.19. The number of nitrogens with one attached hydrogen (secondary N) is 1. The minimum Gasteiger partial charge on any atom is -0.382 e. The third-order valence-corrected chi connectivity index (χ3v) is 2.78. The van der Waals surface area contributed by atoms with E-state index < -0.39 is 0 Å². The van der Waals surface area contributed by atoms with Crippen LogP contribution in [-0.4, -0.2) is 56.5 Å². The maximum atomic E-state index is 11.8. The van der Waals surface area contributed by atoms with Gasteiger partial charge in [0.2, 0.25) is 0 Å². The molecule has 0 aromatic heterocycles. The first-order valence-corrected chi connectivity index (χ1v) is 5.96. The Morgan fingerprint density at radius 3 is 3.06 bits per heavy atom. The van der Waals surface area contributed by atoms with Crippen LogP contribution < -0.4 is 5.32 Å². The second-order valence-electron chi connectivity index (χ2n) is 4.19. The lowest BCUT2D eigenvalue weighted by Crippen LogP contribution is -2.42. The van der Waals surface area contributed by atoms with Gasteiger partial charge in [-0.1, -0.05) is 6.08 Å². The molecule has 2 atom stereocenters. The molecule has 98 valence electrons. The minimum absolute atomic E-state index is 0.00374. The van der Waals surface area contributed by atoms with Crippen LogP contribution in [-0.2, 0) is 9.47 Å². The molecule has 0 aromatic carbocycles. The monoisotopic (exact) mass is 242 g/mol. The van der Waals surface area contributed by atoms with Crippen molar-refractivity contribution in [3.63, 3.8) is 0 Å². The lowest BCUT2D eigenvalue weighted by Gasteiger charge is -2.19. The Kier molecular flexibility index (Phi) is 6.00. The van der Waals surface area contributed by atoms with Crippen LogP contribution in [0.2, 0.25) is 0 Å². The zero-order valence-electron chi connectivity index (χ0n) is 10.6. The molecule has 0 radical (unpaired) electrons. The highest BCUT2D eigenvalue weighted by molar-refractivity contribution is 5.75. The molecule has 1 rings (SSSR count). The SMILES string of the molecule is C=C[C@H](C)NC(=O)N1CC[C@H](OCCOC)C1. The topological polar surface area (TPSA) is 50.8 Å². The van der Waals surface area contributed by atoms with E-state index in [4.69, 9.17) is 9.47 Å². The van der Waals surface area contributed by atoms with Gasteiger partial charge in [-0.2, -0.15) is 0 Å². The molecule has 0 aromatic rings. The van der Waals surface area contributed by atoms with Crippen LogP contribution in [0.15, 0.2) is 12.7 Å². The van der Waals surface area contributed by atoms with Crippen molar-refractivity contribution in [2.24, 2.45) is 0 Å². The Morgan fingerprint density at radius 1 is 1.65 bits per heavy atom. The number of hydrogen-bond acceptors (Lipinski definition) is 3. The van der Waals surface area contributed by atoms with Crippen LogP contribution in [0.4, 0.5) is 4.79 Å². The number of methoxy groups -OCH3 is 1. The molecule has 0 bridgehead atoms. The van der Waals surface area contributed by atoms with Crippen LogP contribution in [0.5, 0.6) is 0 Å². The summed E-state index contributed by atoms with van der Waals surface area (Å²) in [5.41, 5.74) is 0. The summed E-state index contributed by atoms with van der Waals surface area (Å²) in [7, 11) is 1.65. The van der Waals surface area contributed by atoms with Crippen molar-refractivity contribution in [2.45, 2.75) is 25.5 Å². The number of nitrogens with zero attached hydrogens (tertiary/aromatic N) is 1. The summed E-state index contributed by atoms with van der Waals surface area (Å²) in [4.78, 5) is 13.6. The van der Waals surface area contributed by atoms with Gasteiger partial charge in [0.1, 0.15) is 0 Å². The molecule has 5 heteroatoms. The highest BCUT2D eigenvalue weighted by Crippen LogP contribution is 2.12. The Hall–Kier alpha value is -1.07. The largest absolute Gasteiger partial charge is 0.382 e. The van der Waals surface area contributed by atoms with Gasteiger partial charge >= 0.3 is 6.03 Å². The van der Waals surface area contributed by atoms with Gasteiger partial charge in [0.25, 0.3) is 0 Å². The molecule has 0 aliphatic carbocycles. The van der Waals surface area contributed by atoms with Gasteiger partial charge in [-0.15, -0.1) is 6.58 Å². The molecule has 1 saturated heterocycles. The predicted molar refractivity (Wildman–Crippen MR) is 66.0 cm³/mol. The second kappa shape index (κ2) is 7.29. The molecule has 5 nitrogen and oxygen atoms in total. The zero-order chi connectivity index (χ0) is 12.7. The Balaban J connectivity index is 2.24. The molecule has 0 spiro atoms. The lowest BCUT2D eigenvalue weighted by molar-refractivity contribution is 0.0236. The van der Waals surface area contributed by atoms with E-state index in [1.54, 1.807) is 18.1 Å². The van der Waals surface area contributed by atoms with Gasteiger partial charge in [0.15, 0.2) is 0 Å². The van der Waals surface area contributed by atoms with E-state index in [-0.39, 0.29) is 18.2 Å². The molecule has 1 aliphatic rings. The number of urea groups is 1. The molecule has 1 fully saturated rings. The molecule has 2 amide bonds. The van der Waals surface area contributed by atoms with E-state index in [1.165, 1.54) is 0 Å². The number of ether oxygens (including phenoxy) is 2. The summed E-state index contributed by atoms with van der Waals surface area (Å²) in [5, 5.41) is 2.85. The number of likely N-dealkylation sites (tertiary alicyclic amines) is 1. The lowest BCUT2D eigenvalue weighted by atomic mass is 10.3. The van der Waals surface area contributed by atoms with Crippen molar-refractivity contribution in [2.75, 3.05) is 33.4 Å². The molecule has 1 N–H and O–H groups in total. The summed E-state index contributed by atoms with van der Waals surface area (Å²) >= 11 is 0. The fourth-order valence-electron chi connectivity index (χ4n) is 1.69. The average molecular weight is 242 g/mol. The van der Waals surface area contributed by atoms with Crippen LogP contribution in [0.25, 0.3) is 0 Å². The number of amides is 2. The first-order valence-electron chi connectivity index (χ1n) is 5.96. The maximum absolute atomic E-state index is 11.8. The molecule has 1 heterocycles. The molecule has 1 aliphatic heterocycles. The van der Waals surface area contributed by atoms with E-state index in [9.17, 15) is 4.79 Å². The van der Waals surface area contributed by atoms with E-state index in [2.05, 4.69) is 11.9 Å². The highest BCUT2D eigenvalue weighted by Gasteiger charge is 2.26. The van der Waals surface area contributed by atoms with Crippen molar-refractivity contribution in [3.05, 3.63) is 12.7 Å². The first-order chi connectivity index (χ1) is 8.17. The van der Waals surface area contributed by atoms with Crippen molar-refractivity contribution in [1.82, 2.24) is 10.2 Å². The van der Waals surface area contributed by atoms with E-state index in [1.807, 2.05) is 6.92 Å². The van der Waals surface area contributed by atoms with Gasteiger partial charge < -0.3 is 19.7 Å². The maximum Gasteiger partial charge on any atom is 0.317 e. The van der Waals surface area contributed by atoms with Crippen molar-refractivity contribution < 1.29 is 14.3 Å². The van der Waals surface area contributed by atoms with E-state index in [0.29, 0.717) is 19.8 Å². The molecular weight excluding hydrogens is 220 g/mol. The molecular formula is C12H22N2O3. The average Bonchev–Trinajstić information content (AvgIpc) is 2.78. The standard InChI is InChI=1S/C12H22N2O3/c1-4-10(2)13-12(15)14-6-5-11(9-14)17-8-7-16-3/h4,10-11H,1,5-9H2,2-3H3,(H,13,15)/t10-,11-/m0/s1. The van der Waals surface area contributed by atoms with Crippen molar-refractivity contribution in [1.29, 1.82) is 0 Å². The predicted octanol–water partition coefficient (Wildman–Crippen LogP) is 1.01. The molecule has 0 unspecified atom stereocenters. The van der Waals surface area contributed by atoms with Crippen LogP contribution in [0, 0.1) is 0 Å². The van der Waals surface area contributed by atoms with Gasteiger partial charge in [-0.3, -0.25) is 0 Å². The first kappa shape index (κ1) is 14.0. The summed E-state index contributed by atoms with van der Waals surface area (Å²) in [6.07, 6.45) is 2.73. The third-order valence-electron chi connectivity index (χ3n) is 2.78. The summed E-state index contributed by atoms with van der Waals surface area (Å²) in [5.74, 6) is 0. The van der Waals surface area contributed by atoms with Crippen LogP contribution in [0.3, 0.4) is 0 Å². The van der Waals surface area contributed by atoms with Gasteiger partial charge in [0.05, 0.1) is 19.3 Å². The number of carbonyl (C=O) groups is 1. The molecule has 17 heavy (non-hydrogen) atoms. The minimum atomic E-state index is -0.0461. The van der Waals surface area contributed by atoms with Crippen molar-refractivity contribution in [3.8, 4) is 0 Å². The number of rotatable bonds is 6. The quantitative estimate of drug-likeness (QED) is 0.558. The van der Waals surface area contributed by atoms with Crippen LogP contribution in [0.1, 0.15) is 13.3 Å². The Bertz CT molecular complexity index is 258. The van der Waals surface area contributed by atoms with Crippen molar-refractivity contribution >= 4 is 6.03 Å². The zero-order valence-corrected chi connectivity index (χ0v) is 10.6. The Labute approximate surface area is 103 Å². The summed E-state index contributed by atoms with van der Waals surface area (Å²) in [6, 6.07) is -0.0498. The van der Waals surface area contributed by atoms with E-state index >= 15 is 0 Å². The van der Waals surface area contributed by atoms with Crippen LogP contribution >= 0.6 is 0 Å². The fourth-order valence-corrected chi connectivity index (χ4v) is 1.69. The summed E-state index contributed by atoms with van der Waals surface area (Å²) in [6.45, 7) is 8.10. The van der Waals surface area contributed by atoms with Gasteiger partial charge in [-0.25, -0.2) is 4.79 Å². The third kappa shape index (κ3) is 4.75. The normalized spacial score (nSPS) is 21.3. The Morgan fingerprint density at radius 2 is 2.41 bits per heavy atom. The number of carbonyl (C=O) groups excluding carboxylic acids is 1.